The van der Waals surface area contributed by atoms with E-state index in [4.69, 9.17) is 0 Å². The molecule has 0 fully saturated rings. The lowest BCUT2D eigenvalue weighted by molar-refractivity contribution is 0.0793. The molecule has 0 atom stereocenters. The Balaban J connectivity index is 1.97. The van der Waals surface area contributed by atoms with Crippen LogP contribution < -0.4 is 5.69 Å². The van der Waals surface area contributed by atoms with Gasteiger partial charge in [-0.05, 0) is 60.9 Å². The Hall–Kier alpha value is -3.41. The normalized spacial score (nSPS) is 10.7. The highest BCUT2D eigenvalue weighted by atomic mass is 16.3. The van der Waals surface area contributed by atoms with Gasteiger partial charge in [-0.1, -0.05) is 25.5 Å². The number of carbonyl (C=O) groups is 1. The van der Waals surface area contributed by atoms with Crippen molar-refractivity contribution < 1.29 is 9.90 Å². The summed E-state index contributed by atoms with van der Waals surface area (Å²) in [6, 6.07) is 14.1. The van der Waals surface area contributed by atoms with Crippen molar-refractivity contribution in [1.82, 2.24) is 14.9 Å². The average Bonchev–Trinajstić information content (AvgIpc) is 2.73. The van der Waals surface area contributed by atoms with E-state index in [1.807, 2.05) is 6.07 Å². The largest absolute Gasteiger partial charge is 0.508 e. The Bertz CT molecular complexity index is 1090. The van der Waals surface area contributed by atoms with Crippen molar-refractivity contribution in [3.8, 4) is 28.3 Å². The molecule has 1 aromatic heterocycles. The summed E-state index contributed by atoms with van der Waals surface area (Å²) in [5.41, 5.74) is 3.35. The Morgan fingerprint density at radius 3 is 2.66 bits per heavy atom. The monoisotopic (exact) mass is 391 g/mol. The molecule has 0 saturated carbocycles. The third-order valence-electron chi connectivity index (χ3n) is 4.85. The molecule has 0 unspecified atom stereocenters. The molecule has 0 aliphatic heterocycles. The molecule has 0 bridgehead atoms. The molecule has 6 heteroatoms. The number of hydrogen-bond acceptors (Lipinski definition) is 4. The Labute approximate surface area is 169 Å². The third kappa shape index (κ3) is 4.71. The quantitative estimate of drug-likeness (QED) is 0.665. The number of rotatable bonds is 6. The van der Waals surface area contributed by atoms with E-state index in [0.717, 1.165) is 18.4 Å². The molecule has 150 valence electrons. The number of aryl methyl sites for hydroxylation is 1. The van der Waals surface area contributed by atoms with Crippen LogP contribution in [-0.2, 0) is 0 Å². The molecule has 0 aliphatic carbocycles. The van der Waals surface area contributed by atoms with Crippen LogP contribution in [0.4, 0.5) is 0 Å². The van der Waals surface area contributed by atoms with Gasteiger partial charge in [-0.2, -0.15) is 4.98 Å². The zero-order chi connectivity index (χ0) is 21.0. The summed E-state index contributed by atoms with van der Waals surface area (Å²) in [5.74, 6) is 0.142. The van der Waals surface area contributed by atoms with Crippen LogP contribution in [-0.4, -0.2) is 39.5 Å². The Morgan fingerprint density at radius 2 is 1.93 bits per heavy atom. The van der Waals surface area contributed by atoms with Gasteiger partial charge in [-0.3, -0.25) is 4.79 Å². The molecule has 0 radical (unpaired) electrons. The molecule has 1 amide bonds. The first kappa shape index (κ1) is 20.3. The van der Waals surface area contributed by atoms with E-state index in [-0.39, 0.29) is 11.7 Å². The number of nitrogens with zero attached hydrogens (tertiary/aromatic N) is 2. The van der Waals surface area contributed by atoms with Crippen molar-refractivity contribution in [2.75, 3.05) is 13.6 Å². The van der Waals surface area contributed by atoms with Crippen LogP contribution in [0.15, 0.2) is 53.3 Å². The highest BCUT2D eigenvalue weighted by Crippen LogP contribution is 2.26. The molecule has 0 aliphatic rings. The van der Waals surface area contributed by atoms with E-state index in [0.29, 0.717) is 34.6 Å². The van der Waals surface area contributed by atoms with Crippen molar-refractivity contribution in [3.63, 3.8) is 0 Å². The molecule has 3 rings (SSSR count). The van der Waals surface area contributed by atoms with E-state index in [1.165, 1.54) is 0 Å². The number of hydrogen-bond donors (Lipinski definition) is 2. The Kier molecular flexibility index (Phi) is 6.12. The van der Waals surface area contributed by atoms with Gasteiger partial charge in [0.15, 0.2) is 0 Å². The number of H-pyrrole nitrogens is 1. The first-order valence-electron chi connectivity index (χ1n) is 9.66. The van der Waals surface area contributed by atoms with Gasteiger partial charge in [0.2, 0.25) is 0 Å². The van der Waals surface area contributed by atoms with Crippen molar-refractivity contribution >= 4 is 5.91 Å². The predicted molar refractivity (Wildman–Crippen MR) is 114 cm³/mol. The minimum Gasteiger partial charge on any atom is -0.508 e. The summed E-state index contributed by atoms with van der Waals surface area (Å²) >= 11 is 0. The first-order chi connectivity index (χ1) is 13.9. The fraction of sp³-hybridized carbons (Fsp3) is 0.261. The summed E-state index contributed by atoms with van der Waals surface area (Å²) in [5, 5.41) is 9.74. The molecular weight excluding hydrogens is 366 g/mol. The SMILES string of the molecule is CCCCN(C)C(=O)c1cccc(-c2cc(-c3ccc(O)c(C)c3)[nH]c(=O)n2)c1. The molecule has 1 heterocycles. The lowest BCUT2D eigenvalue weighted by Gasteiger charge is -2.17. The maximum atomic E-state index is 12.7. The molecular formula is C23H25N3O3. The molecule has 0 spiro atoms. The number of benzene rings is 2. The lowest BCUT2D eigenvalue weighted by atomic mass is 10.0. The number of amides is 1. The number of aromatic amines is 1. The van der Waals surface area contributed by atoms with Crippen molar-refractivity contribution in [2.24, 2.45) is 0 Å². The maximum absolute atomic E-state index is 12.7. The maximum Gasteiger partial charge on any atom is 0.345 e. The number of nitrogens with one attached hydrogen (secondary N) is 1. The number of phenolic OH excluding ortho intramolecular Hbond substituents is 1. The smallest absolute Gasteiger partial charge is 0.345 e. The van der Waals surface area contributed by atoms with Gasteiger partial charge >= 0.3 is 5.69 Å². The van der Waals surface area contributed by atoms with E-state index < -0.39 is 5.69 Å². The van der Waals surface area contributed by atoms with Crippen LogP contribution in [0.2, 0.25) is 0 Å². The molecule has 29 heavy (non-hydrogen) atoms. The van der Waals surface area contributed by atoms with Crippen LogP contribution in [0.25, 0.3) is 22.5 Å². The van der Waals surface area contributed by atoms with E-state index in [2.05, 4.69) is 16.9 Å². The van der Waals surface area contributed by atoms with Crippen molar-refractivity contribution in [3.05, 3.63) is 70.1 Å². The fourth-order valence-corrected chi connectivity index (χ4v) is 3.11. The van der Waals surface area contributed by atoms with E-state index in [1.54, 1.807) is 61.3 Å². The average molecular weight is 391 g/mol. The number of phenols is 1. The zero-order valence-corrected chi connectivity index (χ0v) is 16.9. The third-order valence-corrected chi connectivity index (χ3v) is 4.85. The molecule has 2 N–H and O–H groups in total. The zero-order valence-electron chi connectivity index (χ0n) is 16.9. The second-order valence-electron chi connectivity index (χ2n) is 7.15. The standard InChI is InChI=1S/C23H25N3O3/c1-4-5-11-26(3)22(28)18-8-6-7-16(13-18)19-14-20(25-23(29)24-19)17-9-10-21(27)15(2)12-17/h6-10,12-14,27H,4-5,11H2,1-3H3,(H,24,25,29). The number of aromatic hydroxyl groups is 1. The van der Waals surface area contributed by atoms with Gasteiger partial charge in [-0.15, -0.1) is 0 Å². The summed E-state index contributed by atoms with van der Waals surface area (Å²) < 4.78 is 0. The number of carbonyl (C=O) groups excluding carboxylic acids is 1. The van der Waals surface area contributed by atoms with Crippen LogP contribution in [0.5, 0.6) is 5.75 Å². The number of aromatic nitrogens is 2. The first-order valence-corrected chi connectivity index (χ1v) is 9.66. The fourth-order valence-electron chi connectivity index (χ4n) is 3.11. The summed E-state index contributed by atoms with van der Waals surface area (Å²) in [6.45, 7) is 4.58. The molecule has 0 saturated heterocycles. The van der Waals surface area contributed by atoms with Crippen LogP contribution in [0, 0.1) is 6.92 Å². The second kappa shape index (κ2) is 8.73. The Morgan fingerprint density at radius 1 is 1.14 bits per heavy atom. The van der Waals surface area contributed by atoms with E-state index in [9.17, 15) is 14.7 Å². The van der Waals surface area contributed by atoms with Gasteiger partial charge in [0, 0.05) is 24.7 Å². The van der Waals surface area contributed by atoms with Gasteiger partial charge in [0.1, 0.15) is 5.75 Å². The van der Waals surface area contributed by atoms with Gasteiger partial charge in [0.05, 0.1) is 11.4 Å². The van der Waals surface area contributed by atoms with Crippen molar-refractivity contribution in [2.45, 2.75) is 26.7 Å². The molecule has 3 aromatic rings. The van der Waals surface area contributed by atoms with E-state index >= 15 is 0 Å². The van der Waals surface area contributed by atoms with Crippen LogP contribution in [0.1, 0.15) is 35.7 Å². The summed E-state index contributed by atoms with van der Waals surface area (Å²) in [6.07, 6.45) is 1.97. The van der Waals surface area contributed by atoms with Crippen LogP contribution in [0.3, 0.4) is 0 Å². The van der Waals surface area contributed by atoms with Crippen LogP contribution >= 0.6 is 0 Å². The lowest BCUT2D eigenvalue weighted by Crippen LogP contribution is -2.27. The minimum atomic E-state index is -0.472. The minimum absolute atomic E-state index is 0.0560. The highest BCUT2D eigenvalue weighted by molar-refractivity contribution is 5.95. The summed E-state index contributed by atoms with van der Waals surface area (Å²) in [4.78, 5) is 33.4. The second-order valence-corrected chi connectivity index (χ2v) is 7.15. The van der Waals surface area contributed by atoms with Gasteiger partial charge < -0.3 is 15.0 Å². The van der Waals surface area contributed by atoms with Gasteiger partial charge in [0.25, 0.3) is 5.91 Å². The molecule has 6 nitrogen and oxygen atoms in total. The predicted octanol–water partition coefficient (Wildman–Crippen LogP) is 3.99. The number of unbranched alkanes of at least 4 members (excludes halogenated alkanes) is 1. The topological polar surface area (TPSA) is 86.3 Å². The summed E-state index contributed by atoms with van der Waals surface area (Å²) in [7, 11) is 1.79. The van der Waals surface area contributed by atoms with Crippen molar-refractivity contribution in [1.29, 1.82) is 0 Å². The highest BCUT2D eigenvalue weighted by Gasteiger charge is 2.13. The molecule has 2 aromatic carbocycles. The van der Waals surface area contributed by atoms with Gasteiger partial charge in [-0.25, -0.2) is 4.79 Å².